The second-order valence-electron chi connectivity index (χ2n) is 15.5. The molecule has 254 valence electrons. The van der Waals surface area contributed by atoms with Gasteiger partial charge in [-0.25, -0.2) is 14.5 Å². The average Bonchev–Trinajstić information content (AvgIpc) is 3.49. The van der Waals surface area contributed by atoms with E-state index < -0.39 is 14.0 Å². The molecular formula is C40H47N5O3Si. The normalized spacial score (nSPS) is 20.3. The van der Waals surface area contributed by atoms with Crippen LogP contribution in [0.5, 0.6) is 0 Å². The Balaban J connectivity index is 1.04. The number of benzene rings is 2. The first-order valence-electron chi connectivity index (χ1n) is 18.1. The molecule has 2 fully saturated rings. The summed E-state index contributed by atoms with van der Waals surface area (Å²) in [6, 6.07) is 21.1. The Morgan fingerprint density at radius 3 is 2.61 bits per heavy atom. The molecule has 8 rings (SSSR count). The first-order valence-corrected chi connectivity index (χ1v) is 21.8. The van der Waals surface area contributed by atoms with Crippen LogP contribution in [-0.2, 0) is 11.5 Å². The summed E-state index contributed by atoms with van der Waals surface area (Å²) in [4.78, 5) is 20.2. The molecule has 3 aliphatic rings. The molecular weight excluding hydrogens is 627 g/mol. The van der Waals surface area contributed by atoms with Gasteiger partial charge in [-0.1, -0.05) is 56.0 Å². The fourth-order valence-electron chi connectivity index (χ4n) is 8.00. The number of allylic oxidation sites excluding steroid dienone is 1. The Morgan fingerprint density at radius 2 is 1.86 bits per heavy atom. The van der Waals surface area contributed by atoms with Gasteiger partial charge in [-0.15, -0.1) is 0 Å². The van der Waals surface area contributed by atoms with Gasteiger partial charge in [0.2, 0.25) is 0 Å². The van der Waals surface area contributed by atoms with Crippen LogP contribution in [0.25, 0.3) is 33.3 Å². The number of hydrogen-bond donors (Lipinski definition) is 1. The van der Waals surface area contributed by atoms with E-state index in [2.05, 4.69) is 66.0 Å². The highest BCUT2D eigenvalue weighted by Gasteiger charge is 2.36. The number of aromatic carboxylic acids is 1. The Kier molecular flexibility index (Phi) is 8.54. The van der Waals surface area contributed by atoms with Crippen molar-refractivity contribution < 1.29 is 14.6 Å². The van der Waals surface area contributed by atoms with Gasteiger partial charge in [0.05, 0.1) is 23.0 Å². The Hall–Kier alpha value is -4.05. The number of hydrogen-bond acceptors (Lipinski definition) is 5. The number of fused-ring (bicyclic) bond motifs is 2. The van der Waals surface area contributed by atoms with E-state index in [1.54, 1.807) is 28.1 Å². The van der Waals surface area contributed by atoms with E-state index in [4.69, 9.17) is 9.72 Å². The van der Waals surface area contributed by atoms with Crippen molar-refractivity contribution in [2.24, 2.45) is 0 Å². The number of pyridine rings is 1. The molecule has 8 nitrogen and oxygen atoms in total. The molecule has 0 radical (unpaired) electrons. The third-order valence-corrected chi connectivity index (χ3v) is 12.5. The third kappa shape index (κ3) is 6.51. The van der Waals surface area contributed by atoms with E-state index in [0.717, 1.165) is 72.0 Å². The van der Waals surface area contributed by atoms with Crippen LogP contribution >= 0.6 is 0 Å². The van der Waals surface area contributed by atoms with Crippen LogP contribution in [-0.4, -0.2) is 62.6 Å². The Morgan fingerprint density at radius 1 is 1.02 bits per heavy atom. The topological polar surface area (TPSA) is 85.4 Å². The van der Waals surface area contributed by atoms with Gasteiger partial charge in [-0.2, -0.15) is 5.10 Å². The number of rotatable bonds is 11. The van der Waals surface area contributed by atoms with E-state index >= 15 is 0 Å². The number of likely N-dealkylation sites (tertiary alicyclic amines) is 1. The molecule has 1 aliphatic heterocycles. The maximum atomic E-state index is 12.5. The highest BCUT2D eigenvalue weighted by molar-refractivity contribution is 6.76. The summed E-state index contributed by atoms with van der Waals surface area (Å²) in [7, 11) is -1.16. The van der Waals surface area contributed by atoms with Crippen molar-refractivity contribution in [3.63, 3.8) is 0 Å². The average molecular weight is 674 g/mol. The van der Waals surface area contributed by atoms with Crippen LogP contribution in [0, 0.1) is 0 Å². The van der Waals surface area contributed by atoms with Crippen LogP contribution in [0.2, 0.25) is 25.7 Å². The van der Waals surface area contributed by atoms with E-state index in [9.17, 15) is 9.90 Å². The molecule has 1 N–H and O–H groups in total. The van der Waals surface area contributed by atoms with E-state index in [0.29, 0.717) is 24.5 Å². The largest absolute Gasteiger partial charge is 0.478 e. The van der Waals surface area contributed by atoms with Crippen molar-refractivity contribution in [1.29, 1.82) is 0 Å². The standard InChI is InChI=1S/C40H47N5O3Si/c1-49(2,3)22-21-48-26-43-20-18-30-24-38-35(42-39(30)43)25-41-45(38)37-23-29(14-17-34(37)40(46)47)27-12-15-31(16-13-27)44-19-6-9-36(44)33-8-5-4-7-32(33)28-10-11-28/h4-5,7-8,12,14,17-18,20,23-25,28,31,36H,6,9-11,13,15-16,19,21-22,26H2,1-3H3,(H,46,47). The number of carboxylic acid groups (broad SMARTS) is 1. The van der Waals surface area contributed by atoms with E-state index in [1.165, 1.54) is 31.3 Å². The SMILES string of the molecule is C[Si](C)(C)CCOCn1ccc2cc3c(cnn3-c3cc(C4=CCC(N5CCCC5c5ccccc5C5CC5)CC4)ccc3C(=O)O)nc21. The van der Waals surface area contributed by atoms with Gasteiger partial charge in [0.15, 0.2) is 0 Å². The van der Waals surface area contributed by atoms with Gasteiger partial charge >= 0.3 is 5.97 Å². The Bertz CT molecular complexity index is 2050. The lowest BCUT2D eigenvalue weighted by Gasteiger charge is -2.36. The van der Waals surface area contributed by atoms with Crippen LogP contribution in [0.4, 0.5) is 0 Å². The highest BCUT2D eigenvalue weighted by atomic mass is 28.3. The van der Waals surface area contributed by atoms with Gasteiger partial charge in [0, 0.05) is 38.3 Å². The van der Waals surface area contributed by atoms with Crippen LogP contribution < -0.4 is 0 Å². The maximum Gasteiger partial charge on any atom is 0.337 e. The van der Waals surface area contributed by atoms with Gasteiger partial charge < -0.3 is 14.4 Å². The highest BCUT2D eigenvalue weighted by Crippen LogP contribution is 2.47. The molecule has 2 atom stereocenters. The number of ether oxygens (including phenoxy) is 1. The molecule has 2 aliphatic carbocycles. The smallest absolute Gasteiger partial charge is 0.337 e. The molecule has 2 unspecified atom stereocenters. The number of aromatic nitrogens is 4. The lowest BCUT2D eigenvalue weighted by atomic mass is 9.88. The van der Waals surface area contributed by atoms with Crippen LogP contribution in [0.1, 0.15) is 84.0 Å². The summed E-state index contributed by atoms with van der Waals surface area (Å²) < 4.78 is 9.77. The molecule has 1 saturated carbocycles. The molecule has 4 heterocycles. The van der Waals surface area contributed by atoms with Crippen molar-refractivity contribution >= 4 is 41.7 Å². The molecule has 3 aromatic heterocycles. The van der Waals surface area contributed by atoms with Crippen LogP contribution in [0.15, 0.2) is 73.1 Å². The summed E-state index contributed by atoms with van der Waals surface area (Å²) in [6.07, 6.45) is 14.4. The minimum Gasteiger partial charge on any atom is -0.478 e. The zero-order valence-electron chi connectivity index (χ0n) is 28.9. The molecule has 1 saturated heterocycles. The van der Waals surface area contributed by atoms with E-state index in [-0.39, 0.29) is 5.56 Å². The molecule has 5 aromatic rings. The summed E-state index contributed by atoms with van der Waals surface area (Å²) in [6.45, 7) is 9.42. The summed E-state index contributed by atoms with van der Waals surface area (Å²) in [5.41, 5.74) is 8.63. The minimum absolute atomic E-state index is 0.228. The fraction of sp³-hybridized carbons (Fsp3) is 0.425. The first kappa shape index (κ1) is 32.2. The van der Waals surface area contributed by atoms with Gasteiger partial charge in [0.1, 0.15) is 17.9 Å². The van der Waals surface area contributed by atoms with Crippen molar-refractivity contribution in [2.45, 2.75) is 95.4 Å². The van der Waals surface area contributed by atoms with Gasteiger partial charge in [-0.05, 0) is 110 Å². The first-order chi connectivity index (χ1) is 23.7. The lowest BCUT2D eigenvalue weighted by molar-refractivity contribution is 0.0696. The molecule has 49 heavy (non-hydrogen) atoms. The molecule has 9 heteroatoms. The molecule has 0 amide bonds. The maximum absolute atomic E-state index is 12.5. The van der Waals surface area contributed by atoms with Gasteiger partial charge in [-0.3, -0.25) is 4.90 Å². The van der Waals surface area contributed by atoms with Crippen molar-refractivity contribution in [3.8, 4) is 5.69 Å². The van der Waals surface area contributed by atoms with Gasteiger partial charge in [0.25, 0.3) is 0 Å². The predicted octanol–water partition coefficient (Wildman–Crippen LogP) is 9.04. The zero-order chi connectivity index (χ0) is 33.7. The van der Waals surface area contributed by atoms with Crippen molar-refractivity contribution in [3.05, 3.63) is 95.3 Å². The minimum atomic E-state index is -1.16. The predicted molar refractivity (Wildman–Crippen MR) is 198 cm³/mol. The summed E-state index contributed by atoms with van der Waals surface area (Å²) >= 11 is 0. The second kappa shape index (κ2) is 13.0. The zero-order valence-corrected chi connectivity index (χ0v) is 29.9. The fourth-order valence-corrected chi connectivity index (χ4v) is 8.76. The monoisotopic (exact) mass is 673 g/mol. The second-order valence-corrected chi connectivity index (χ2v) is 21.1. The number of carbonyl (C=O) groups is 1. The quantitative estimate of drug-likeness (QED) is 0.111. The third-order valence-electron chi connectivity index (χ3n) is 10.8. The van der Waals surface area contributed by atoms with E-state index in [1.807, 2.05) is 29.0 Å². The molecule has 2 aromatic carbocycles. The van der Waals surface area contributed by atoms with Crippen LogP contribution in [0.3, 0.4) is 0 Å². The van der Waals surface area contributed by atoms with Crippen molar-refractivity contribution in [2.75, 3.05) is 13.2 Å². The molecule has 0 spiro atoms. The number of nitrogens with zero attached hydrogens (tertiary/aromatic N) is 5. The summed E-state index contributed by atoms with van der Waals surface area (Å²) in [5.74, 6) is -0.205. The lowest BCUT2D eigenvalue weighted by Crippen LogP contribution is -2.36. The summed E-state index contributed by atoms with van der Waals surface area (Å²) in [5, 5.41) is 15.9. The van der Waals surface area contributed by atoms with Crippen molar-refractivity contribution in [1.82, 2.24) is 24.2 Å². The number of carboxylic acids is 1. The molecule has 0 bridgehead atoms. The Labute approximate surface area is 289 Å².